The van der Waals surface area contributed by atoms with Crippen molar-refractivity contribution in [3.8, 4) is 0 Å². The third kappa shape index (κ3) is 3.95. The van der Waals surface area contributed by atoms with Gasteiger partial charge in [-0.05, 0) is 27.1 Å². The van der Waals surface area contributed by atoms with Gasteiger partial charge >= 0.3 is 0 Å². The van der Waals surface area contributed by atoms with Crippen molar-refractivity contribution in [2.24, 2.45) is 28.1 Å². The molecule has 0 aromatic carbocycles. The van der Waals surface area contributed by atoms with Gasteiger partial charge in [-0.15, -0.1) is 0 Å². The highest BCUT2D eigenvalue weighted by Gasteiger charge is 2.44. The minimum atomic E-state index is -0.0726. The number of hydrogen-bond acceptors (Lipinski definition) is 2. The van der Waals surface area contributed by atoms with Crippen LogP contribution in [0.3, 0.4) is 0 Å². The first-order valence-electron chi connectivity index (χ1n) is 8.00. The van der Waals surface area contributed by atoms with Gasteiger partial charge in [0.1, 0.15) is 6.29 Å². The molecule has 124 valence electrons. The first kappa shape index (κ1) is 19.7. The van der Waals surface area contributed by atoms with Gasteiger partial charge in [-0.25, -0.2) is 0 Å². The molecule has 22 heavy (non-hydrogen) atoms. The fourth-order valence-electron chi connectivity index (χ4n) is 3.37. The maximum atomic E-state index is 12.0. The highest BCUT2D eigenvalue weighted by molar-refractivity contribution is 7.98. The first-order chi connectivity index (χ1) is 9.75. The second-order valence-corrected chi connectivity index (χ2v) is 10.7. The predicted molar refractivity (Wildman–Crippen MR) is 101 cm³/mol. The summed E-state index contributed by atoms with van der Waals surface area (Å²) in [6.07, 6.45) is 3.42. The van der Waals surface area contributed by atoms with E-state index in [1.165, 1.54) is 16.5 Å². The number of hydrogen-bond donors (Lipinski definition) is 0. The molecule has 0 heterocycles. The Balaban J connectivity index is 3.77. The Labute approximate surface area is 143 Å². The molecule has 1 rings (SSSR count). The summed E-state index contributed by atoms with van der Waals surface area (Å²) >= 11 is 5.47. The van der Waals surface area contributed by atoms with Crippen LogP contribution in [0, 0.1) is 28.1 Å². The number of carbonyl (C=O) groups excluding carboxylic acids is 1. The van der Waals surface area contributed by atoms with E-state index in [0.29, 0.717) is 0 Å². The highest BCUT2D eigenvalue weighted by atomic mass is 32.4. The number of carbonyl (C=O) groups is 1. The van der Waals surface area contributed by atoms with Crippen LogP contribution in [-0.2, 0) is 16.6 Å². The van der Waals surface area contributed by atoms with Crippen molar-refractivity contribution < 1.29 is 4.79 Å². The van der Waals surface area contributed by atoms with Crippen molar-refractivity contribution in [3.05, 3.63) is 22.5 Å². The van der Waals surface area contributed by atoms with Crippen LogP contribution < -0.4 is 0 Å². The van der Waals surface area contributed by atoms with E-state index in [1.807, 2.05) is 0 Å². The van der Waals surface area contributed by atoms with E-state index in [-0.39, 0.29) is 28.1 Å². The van der Waals surface area contributed by atoms with Gasteiger partial charge in [0, 0.05) is 19.2 Å². The molecule has 1 nitrogen and oxygen atoms in total. The maximum absolute atomic E-state index is 12.0. The molecule has 0 spiro atoms. The van der Waals surface area contributed by atoms with Crippen molar-refractivity contribution in [2.45, 2.75) is 62.3 Å². The van der Waals surface area contributed by atoms with Gasteiger partial charge in [0.2, 0.25) is 0 Å². The van der Waals surface area contributed by atoms with E-state index < -0.39 is 0 Å². The van der Waals surface area contributed by atoms with Crippen LogP contribution in [0.15, 0.2) is 22.5 Å². The van der Waals surface area contributed by atoms with Crippen LogP contribution >= 0.6 is 7.36 Å². The summed E-state index contributed by atoms with van der Waals surface area (Å²) in [5.74, 6) is 0.106. The molecule has 2 unspecified atom stereocenters. The summed E-state index contributed by atoms with van der Waals surface area (Å²) in [6, 6.07) is 0. The van der Waals surface area contributed by atoms with Gasteiger partial charge in [0.15, 0.2) is 0 Å². The van der Waals surface area contributed by atoms with E-state index in [9.17, 15) is 4.79 Å². The largest absolute Gasteiger partial charge is 0.303 e. The lowest BCUT2D eigenvalue weighted by molar-refractivity contribution is -0.112. The van der Waals surface area contributed by atoms with Crippen LogP contribution in [0.5, 0.6) is 0 Å². The van der Waals surface area contributed by atoms with E-state index in [4.69, 9.17) is 11.8 Å². The molecule has 2 atom stereocenters. The Hall–Kier alpha value is -0.330. The smallest absolute Gasteiger partial charge is 0.127 e. The maximum Gasteiger partial charge on any atom is 0.127 e. The molecule has 0 N–H and O–H groups in total. The topological polar surface area (TPSA) is 17.1 Å². The van der Waals surface area contributed by atoms with Crippen molar-refractivity contribution >= 4 is 25.4 Å². The average Bonchev–Trinajstić information content (AvgIpc) is 2.32. The standard InChI is InChI=1S/C19H31OPS/c1-17(2,3)13-10-14(18(4,5)6)16(21-22)15(12(13)11-20)19(7,8)9/h10-12,15H,1-9H3. The Morgan fingerprint density at radius 3 is 1.77 bits per heavy atom. The lowest BCUT2D eigenvalue weighted by Crippen LogP contribution is -2.38. The number of allylic oxidation sites excluding steroid dienone is 4. The highest BCUT2D eigenvalue weighted by Crippen LogP contribution is 2.54. The van der Waals surface area contributed by atoms with Gasteiger partial charge in [-0.1, -0.05) is 85.8 Å². The molecule has 3 heteroatoms. The first-order valence-corrected chi connectivity index (χ1v) is 9.91. The zero-order valence-corrected chi connectivity index (χ0v) is 17.3. The van der Waals surface area contributed by atoms with Crippen molar-refractivity contribution in [1.29, 1.82) is 0 Å². The molecule has 0 aliphatic heterocycles. The molecule has 0 amide bonds. The molecular weight excluding hydrogens is 307 g/mol. The zero-order chi connectivity index (χ0) is 17.5. The second kappa shape index (κ2) is 6.29. The fourth-order valence-corrected chi connectivity index (χ4v) is 5.16. The Morgan fingerprint density at radius 1 is 1.00 bits per heavy atom. The van der Waals surface area contributed by atoms with Gasteiger partial charge in [0.25, 0.3) is 0 Å². The van der Waals surface area contributed by atoms with E-state index >= 15 is 0 Å². The number of aldehydes is 1. The molecule has 0 fully saturated rings. The van der Waals surface area contributed by atoms with Gasteiger partial charge in [-0.2, -0.15) is 0 Å². The Morgan fingerprint density at radius 2 is 1.50 bits per heavy atom. The van der Waals surface area contributed by atoms with Gasteiger partial charge < -0.3 is 4.79 Å². The van der Waals surface area contributed by atoms with Gasteiger partial charge in [-0.3, -0.25) is 0 Å². The third-order valence-corrected chi connectivity index (χ3v) is 5.75. The monoisotopic (exact) mass is 338 g/mol. The van der Waals surface area contributed by atoms with Crippen molar-refractivity contribution in [2.75, 3.05) is 0 Å². The number of rotatable bonds is 2. The summed E-state index contributed by atoms with van der Waals surface area (Å²) < 4.78 is 0. The predicted octanol–water partition coefficient (Wildman–Crippen LogP) is 6.16. The normalized spacial score (nSPS) is 24.5. The Bertz CT molecular complexity index is 521. The molecular formula is C19H31OPS. The minimum Gasteiger partial charge on any atom is -0.303 e. The zero-order valence-electron chi connectivity index (χ0n) is 15.6. The Kier molecular flexibility index (Phi) is 5.63. The van der Waals surface area contributed by atoms with E-state index in [1.54, 1.807) is 0 Å². The summed E-state index contributed by atoms with van der Waals surface area (Å²) in [5.41, 5.74) is 2.60. The minimum absolute atomic E-state index is 0.00792. The van der Waals surface area contributed by atoms with Crippen LogP contribution in [0.2, 0.25) is 0 Å². The summed E-state index contributed by atoms with van der Waals surface area (Å²) in [5, 5.41) is 1.26. The molecule has 0 saturated carbocycles. The molecule has 0 radical (unpaired) electrons. The molecule has 0 aromatic rings. The van der Waals surface area contributed by atoms with Crippen LogP contribution in [0.1, 0.15) is 62.3 Å². The quantitative estimate of drug-likeness (QED) is 0.443. The van der Waals surface area contributed by atoms with Crippen LogP contribution in [-0.4, -0.2) is 6.29 Å². The lowest BCUT2D eigenvalue weighted by atomic mass is 9.61. The summed E-state index contributed by atoms with van der Waals surface area (Å²) in [7, 11) is 0.872. The van der Waals surface area contributed by atoms with E-state index in [0.717, 1.165) is 13.6 Å². The van der Waals surface area contributed by atoms with Crippen LogP contribution in [0.4, 0.5) is 0 Å². The van der Waals surface area contributed by atoms with Gasteiger partial charge in [0.05, 0.1) is 0 Å². The lowest BCUT2D eigenvalue weighted by Gasteiger charge is -2.45. The van der Waals surface area contributed by atoms with Crippen molar-refractivity contribution in [1.82, 2.24) is 0 Å². The van der Waals surface area contributed by atoms with E-state index in [2.05, 4.69) is 68.4 Å². The molecule has 1 aliphatic carbocycles. The molecule has 0 bridgehead atoms. The second-order valence-electron chi connectivity index (χ2n) is 9.50. The summed E-state index contributed by atoms with van der Waals surface area (Å²) in [4.78, 5) is 12.0. The fraction of sp³-hybridized carbons (Fsp3) is 0.737. The van der Waals surface area contributed by atoms with Crippen molar-refractivity contribution in [3.63, 3.8) is 0 Å². The summed E-state index contributed by atoms with van der Waals surface area (Å²) in [6.45, 7) is 20.0. The molecule has 0 saturated heterocycles. The molecule has 0 aromatic heterocycles. The third-order valence-electron chi connectivity index (χ3n) is 4.44. The SMILES string of the molecule is CC(C)(C)C1=CC(C(C)(C)C)=C(P=S)C(C(C)(C)C)C1C=O. The molecule has 1 aliphatic rings. The average molecular weight is 338 g/mol. The van der Waals surface area contributed by atoms with Crippen LogP contribution in [0.25, 0.3) is 0 Å².